The predicted molar refractivity (Wildman–Crippen MR) is 145 cm³/mol. The summed E-state index contributed by atoms with van der Waals surface area (Å²) in [5.41, 5.74) is 3.70. The van der Waals surface area contributed by atoms with Crippen molar-refractivity contribution in [1.29, 1.82) is 0 Å². The van der Waals surface area contributed by atoms with E-state index in [1.807, 2.05) is 18.2 Å². The van der Waals surface area contributed by atoms with Crippen molar-refractivity contribution in [2.75, 3.05) is 43.1 Å². The van der Waals surface area contributed by atoms with Crippen LogP contribution in [0, 0.1) is 0 Å². The second-order valence-electron chi connectivity index (χ2n) is 10.3. The van der Waals surface area contributed by atoms with Gasteiger partial charge in [-0.15, -0.1) is 0 Å². The lowest BCUT2D eigenvalue weighted by molar-refractivity contribution is 0.102. The molecule has 1 aromatic heterocycles. The summed E-state index contributed by atoms with van der Waals surface area (Å²) < 4.78 is 33.6. The molecule has 3 aromatic rings. The lowest BCUT2D eigenvalue weighted by Crippen LogP contribution is -2.37. The monoisotopic (exact) mass is 535 g/mol. The van der Waals surface area contributed by atoms with Crippen molar-refractivity contribution in [2.45, 2.75) is 49.5 Å². The van der Waals surface area contributed by atoms with Crippen LogP contribution < -0.4 is 10.2 Å². The Labute approximate surface area is 223 Å². The van der Waals surface area contributed by atoms with Crippen molar-refractivity contribution >= 4 is 27.6 Å². The van der Waals surface area contributed by atoms with E-state index in [2.05, 4.69) is 26.5 Å². The number of anilines is 2. The molecule has 2 fully saturated rings. The Bertz CT molecular complexity index is 1410. The molecular formula is C28H33N5O4S. The first-order chi connectivity index (χ1) is 18.5. The van der Waals surface area contributed by atoms with Crippen molar-refractivity contribution in [3.8, 4) is 0 Å². The van der Waals surface area contributed by atoms with Gasteiger partial charge in [0.2, 0.25) is 10.0 Å². The minimum absolute atomic E-state index is 0.191. The Kier molecular flexibility index (Phi) is 6.94. The maximum absolute atomic E-state index is 13.3. The molecule has 10 heteroatoms. The van der Waals surface area contributed by atoms with Crippen LogP contribution in [0.1, 0.15) is 58.6 Å². The molecule has 3 heterocycles. The first-order valence-corrected chi connectivity index (χ1v) is 14.8. The van der Waals surface area contributed by atoms with Crippen molar-refractivity contribution in [2.24, 2.45) is 0 Å². The van der Waals surface area contributed by atoms with Gasteiger partial charge in [0, 0.05) is 37.3 Å². The Morgan fingerprint density at radius 1 is 0.974 bits per heavy atom. The minimum Gasteiger partial charge on any atom is -0.378 e. The molecule has 1 aliphatic carbocycles. The Balaban J connectivity index is 1.19. The normalized spacial score (nSPS) is 18.9. The van der Waals surface area contributed by atoms with Gasteiger partial charge in [-0.25, -0.2) is 8.42 Å². The summed E-state index contributed by atoms with van der Waals surface area (Å²) in [6.45, 7) is 3.68. The predicted octanol–water partition coefficient (Wildman–Crippen LogP) is 3.90. The van der Waals surface area contributed by atoms with E-state index >= 15 is 0 Å². The van der Waals surface area contributed by atoms with Gasteiger partial charge in [0.25, 0.3) is 5.91 Å². The first-order valence-electron chi connectivity index (χ1n) is 13.4. The second kappa shape index (κ2) is 10.5. The van der Waals surface area contributed by atoms with E-state index in [0.29, 0.717) is 50.0 Å². The molecule has 0 atom stereocenters. The molecule has 1 saturated carbocycles. The lowest BCUT2D eigenvalue weighted by Gasteiger charge is -2.28. The molecule has 2 N–H and O–H groups in total. The topological polar surface area (TPSA) is 108 Å². The average Bonchev–Trinajstić information content (AvgIpc) is 3.63. The van der Waals surface area contributed by atoms with Gasteiger partial charge >= 0.3 is 0 Å². The number of morpholine rings is 1. The van der Waals surface area contributed by atoms with E-state index in [4.69, 9.17) is 4.74 Å². The fraction of sp³-hybridized carbons (Fsp3) is 0.429. The molecule has 6 rings (SSSR count). The van der Waals surface area contributed by atoms with Gasteiger partial charge < -0.3 is 15.0 Å². The summed E-state index contributed by atoms with van der Waals surface area (Å²) in [6.07, 6.45) is 5.19. The van der Waals surface area contributed by atoms with Gasteiger partial charge in [0.1, 0.15) is 5.82 Å². The maximum Gasteiger partial charge on any atom is 0.256 e. The van der Waals surface area contributed by atoms with Crippen LogP contribution in [0.3, 0.4) is 0 Å². The number of amides is 1. The first kappa shape index (κ1) is 25.1. The number of hydrogen-bond donors (Lipinski definition) is 2. The van der Waals surface area contributed by atoms with Crippen molar-refractivity contribution in [3.05, 3.63) is 70.8 Å². The van der Waals surface area contributed by atoms with Crippen molar-refractivity contribution < 1.29 is 17.9 Å². The molecule has 1 amide bonds. The van der Waals surface area contributed by atoms with E-state index in [-0.39, 0.29) is 10.8 Å². The van der Waals surface area contributed by atoms with Crippen LogP contribution in [0.4, 0.5) is 11.6 Å². The Morgan fingerprint density at radius 2 is 1.68 bits per heavy atom. The molecule has 2 aromatic carbocycles. The van der Waals surface area contributed by atoms with Gasteiger partial charge in [-0.3, -0.25) is 9.89 Å². The Hall–Kier alpha value is -3.21. The number of carbonyl (C=O) groups is 1. The van der Waals surface area contributed by atoms with Crippen LogP contribution >= 0.6 is 0 Å². The number of aromatic amines is 1. The van der Waals surface area contributed by atoms with Gasteiger partial charge in [-0.05, 0) is 60.6 Å². The summed E-state index contributed by atoms with van der Waals surface area (Å²) in [7, 11) is -3.66. The van der Waals surface area contributed by atoms with Crippen LogP contribution in [0.15, 0.2) is 53.4 Å². The zero-order valence-corrected chi connectivity index (χ0v) is 22.2. The number of fused-ring (bicyclic) bond motifs is 1. The van der Waals surface area contributed by atoms with Crippen LogP contribution in [-0.4, -0.2) is 61.7 Å². The van der Waals surface area contributed by atoms with E-state index in [1.165, 1.54) is 34.8 Å². The number of nitrogens with one attached hydrogen (secondary N) is 2. The molecule has 0 radical (unpaired) electrons. The average molecular weight is 536 g/mol. The fourth-order valence-electron chi connectivity index (χ4n) is 5.84. The number of H-pyrrole nitrogens is 1. The number of aromatic nitrogens is 2. The second-order valence-corrected chi connectivity index (χ2v) is 12.2. The van der Waals surface area contributed by atoms with Crippen LogP contribution in [0.25, 0.3) is 0 Å². The zero-order valence-electron chi connectivity index (χ0n) is 21.4. The number of ether oxygens (including phenoxy) is 1. The van der Waals surface area contributed by atoms with E-state index in [0.717, 1.165) is 42.9 Å². The van der Waals surface area contributed by atoms with Crippen LogP contribution in [-0.2, 0) is 27.7 Å². The standard InChI is InChI=1S/C28H33N5O4S/c34-28(29-26-25(21-6-2-3-7-21)27(31-30-26)32-15-17-37-18-16-32)22-9-11-24(12-10-22)38(35,36)33-14-13-20-5-1-4-8-23(20)19-33/h1,4-5,8-12,21H,2-3,6-7,13-19H2,(H2,29,30,31,34). The highest BCUT2D eigenvalue weighted by molar-refractivity contribution is 7.89. The Morgan fingerprint density at radius 3 is 2.42 bits per heavy atom. The third-order valence-electron chi connectivity index (χ3n) is 7.95. The summed E-state index contributed by atoms with van der Waals surface area (Å²) in [4.78, 5) is 15.6. The van der Waals surface area contributed by atoms with Crippen molar-refractivity contribution in [1.82, 2.24) is 14.5 Å². The van der Waals surface area contributed by atoms with E-state index in [9.17, 15) is 13.2 Å². The smallest absolute Gasteiger partial charge is 0.256 e. The molecule has 0 bridgehead atoms. The lowest BCUT2D eigenvalue weighted by atomic mass is 9.98. The fourth-order valence-corrected chi connectivity index (χ4v) is 7.26. The molecule has 9 nitrogen and oxygen atoms in total. The molecule has 1 saturated heterocycles. The number of sulfonamides is 1. The zero-order chi connectivity index (χ0) is 26.1. The molecule has 200 valence electrons. The summed E-state index contributed by atoms with van der Waals surface area (Å²) in [5.74, 6) is 1.59. The number of rotatable bonds is 6. The number of nitrogens with zero attached hydrogens (tertiary/aromatic N) is 3. The summed E-state index contributed by atoms with van der Waals surface area (Å²) in [5, 5.41) is 10.7. The molecular weight excluding hydrogens is 502 g/mol. The van der Waals surface area contributed by atoms with Gasteiger partial charge in [0.05, 0.1) is 18.1 Å². The number of hydrogen-bond acceptors (Lipinski definition) is 6. The molecule has 0 spiro atoms. The van der Waals surface area contributed by atoms with Gasteiger partial charge in [-0.1, -0.05) is 37.1 Å². The third-order valence-corrected chi connectivity index (χ3v) is 9.81. The number of benzene rings is 2. The summed E-state index contributed by atoms with van der Waals surface area (Å²) in [6, 6.07) is 14.1. The van der Waals surface area contributed by atoms with Crippen LogP contribution in [0.5, 0.6) is 0 Å². The molecule has 3 aliphatic rings. The SMILES string of the molecule is O=C(Nc1[nH]nc(N2CCOCC2)c1C1CCCC1)c1ccc(S(=O)(=O)N2CCc3ccccc3C2)cc1. The highest BCUT2D eigenvalue weighted by Crippen LogP contribution is 2.42. The quantitative estimate of drug-likeness (QED) is 0.496. The molecule has 38 heavy (non-hydrogen) atoms. The van der Waals surface area contributed by atoms with Gasteiger partial charge in [0.15, 0.2) is 5.82 Å². The highest BCUT2D eigenvalue weighted by atomic mass is 32.2. The minimum atomic E-state index is -3.66. The van der Waals surface area contributed by atoms with Gasteiger partial charge in [-0.2, -0.15) is 9.40 Å². The number of carbonyl (C=O) groups excluding carboxylic acids is 1. The third kappa shape index (κ3) is 4.83. The maximum atomic E-state index is 13.3. The molecule has 0 unspecified atom stereocenters. The van der Waals surface area contributed by atoms with Crippen molar-refractivity contribution in [3.63, 3.8) is 0 Å². The van der Waals surface area contributed by atoms with E-state index < -0.39 is 10.0 Å². The largest absolute Gasteiger partial charge is 0.378 e. The van der Waals surface area contributed by atoms with E-state index in [1.54, 1.807) is 12.1 Å². The summed E-state index contributed by atoms with van der Waals surface area (Å²) >= 11 is 0. The highest BCUT2D eigenvalue weighted by Gasteiger charge is 2.31. The van der Waals surface area contributed by atoms with Crippen LogP contribution in [0.2, 0.25) is 0 Å². The molecule has 2 aliphatic heterocycles.